The van der Waals surface area contributed by atoms with Gasteiger partial charge in [0.25, 0.3) is 0 Å². The summed E-state index contributed by atoms with van der Waals surface area (Å²) in [6.07, 6.45) is 27.2. The number of aromatic nitrogens is 1. The maximum Gasteiger partial charge on any atom is 0.305 e. The molecule has 1 heterocycles. The Bertz CT molecular complexity index is 637. The van der Waals surface area contributed by atoms with E-state index in [2.05, 4.69) is 48.4 Å². The van der Waals surface area contributed by atoms with Crippen LogP contribution in [0.5, 0.6) is 0 Å². The zero-order valence-electron chi connectivity index (χ0n) is 19.5. The molecule has 0 saturated carbocycles. The number of unbranched alkanes of at least 4 members (excludes halogenated alkanes) is 5. The van der Waals surface area contributed by atoms with Gasteiger partial charge in [-0.15, -0.1) is 0 Å². The number of carbonyl (C=O) groups excluding carboxylic acids is 1. The van der Waals surface area contributed by atoms with Crippen molar-refractivity contribution in [2.24, 2.45) is 0 Å². The molecule has 1 aromatic heterocycles. The first-order chi connectivity index (χ1) is 15.2. The second-order valence-corrected chi connectivity index (χ2v) is 7.79. The van der Waals surface area contributed by atoms with E-state index in [1.54, 1.807) is 12.4 Å². The van der Waals surface area contributed by atoms with Crippen molar-refractivity contribution < 1.29 is 14.3 Å². The minimum Gasteiger partial charge on any atom is -0.463 e. The van der Waals surface area contributed by atoms with Crippen LogP contribution in [0.15, 0.2) is 61.0 Å². The maximum absolute atomic E-state index is 11.8. The molecule has 1 rings (SSSR count). The molecule has 4 heteroatoms. The summed E-state index contributed by atoms with van der Waals surface area (Å²) in [5.74, 6) is -0.147. The lowest BCUT2D eigenvalue weighted by Crippen LogP contribution is -2.19. The average molecular weight is 428 g/mol. The molecule has 0 amide bonds. The van der Waals surface area contributed by atoms with Crippen LogP contribution >= 0.6 is 0 Å². The van der Waals surface area contributed by atoms with E-state index >= 15 is 0 Å². The zero-order valence-corrected chi connectivity index (χ0v) is 19.5. The quantitative estimate of drug-likeness (QED) is 0.142. The molecule has 1 aromatic rings. The Balaban J connectivity index is 1.93. The maximum atomic E-state index is 11.8. The first-order valence-electron chi connectivity index (χ1n) is 11.8. The monoisotopic (exact) mass is 427 g/mol. The molecule has 172 valence electrons. The van der Waals surface area contributed by atoms with Crippen molar-refractivity contribution in [2.75, 3.05) is 6.61 Å². The highest BCUT2D eigenvalue weighted by atomic mass is 16.6. The molecule has 0 aliphatic carbocycles. The van der Waals surface area contributed by atoms with Crippen LogP contribution in [0.25, 0.3) is 0 Å². The van der Waals surface area contributed by atoms with Crippen molar-refractivity contribution in [1.82, 2.24) is 4.98 Å². The molecular weight excluding hydrogens is 386 g/mol. The molecule has 0 aliphatic rings. The second-order valence-electron chi connectivity index (χ2n) is 7.79. The molecule has 0 bridgehead atoms. The number of carbonyl (C=O) groups is 1. The fourth-order valence-electron chi connectivity index (χ4n) is 2.87. The van der Waals surface area contributed by atoms with Gasteiger partial charge in [-0.25, -0.2) is 0 Å². The molecule has 1 atom stereocenters. The lowest BCUT2D eigenvalue weighted by molar-refractivity contribution is -0.147. The Morgan fingerprint density at radius 1 is 1.00 bits per heavy atom. The highest BCUT2D eigenvalue weighted by Crippen LogP contribution is 2.06. The topological polar surface area (TPSA) is 48.4 Å². The predicted octanol–water partition coefficient (Wildman–Crippen LogP) is 7.12. The summed E-state index contributed by atoms with van der Waals surface area (Å²) in [4.78, 5) is 15.9. The van der Waals surface area contributed by atoms with Crippen molar-refractivity contribution in [1.29, 1.82) is 0 Å². The summed E-state index contributed by atoms with van der Waals surface area (Å²) < 4.78 is 11.0. The lowest BCUT2D eigenvalue weighted by atomic mass is 10.1. The van der Waals surface area contributed by atoms with Crippen LogP contribution in [0.4, 0.5) is 0 Å². The molecule has 0 radical (unpaired) electrons. The van der Waals surface area contributed by atoms with Crippen molar-refractivity contribution in [3.05, 3.63) is 66.5 Å². The number of hydrogen-bond donors (Lipinski definition) is 0. The van der Waals surface area contributed by atoms with Crippen molar-refractivity contribution >= 4 is 5.97 Å². The van der Waals surface area contributed by atoms with E-state index in [-0.39, 0.29) is 12.1 Å². The number of pyridine rings is 1. The molecule has 0 saturated heterocycles. The Kier molecular flexibility index (Phi) is 17.1. The molecule has 1 unspecified atom stereocenters. The van der Waals surface area contributed by atoms with Crippen molar-refractivity contribution in [2.45, 2.75) is 90.8 Å². The number of hydrogen-bond acceptors (Lipinski definition) is 4. The first-order valence-corrected chi connectivity index (χ1v) is 11.8. The van der Waals surface area contributed by atoms with Gasteiger partial charge >= 0.3 is 5.97 Å². The third-order valence-electron chi connectivity index (χ3n) is 4.76. The van der Waals surface area contributed by atoms with Gasteiger partial charge in [0.05, 0.1) is 12.7 Å². The minimum atomic E-state index is -0.147. The smallest absolute Gasteiger partial charge is 0.305 e. The van der Waals surface area contributed by atoms with E-state index in [1.165, 1.54) is 25.7 Å². The number of ether oxygens (including phenoxy) is 2. The Morgan fingerprint density at radius 2 is 1.68 bits per heavy atom. The standard InChI is InChI=1S/C27H41NO3/c1-3-4-5-6-7-8-9-10-11-12-13-14-15-16-17-20-27(29)31-23-25(2)30-24-26-19-18-21-28-22-26/h7-8,10-11,13-14,18-19,21-22,25H,3-6,9,12,15-17,20,23-24H2,1-2H3. The summed E-state index contributed by atoms with van der Waals surface area (Å²) in [6.45, 7) is 4.91. The summed E-state index contributed by atoms with van der Waals surface area (Å²) in [7, 11) is 0. The summed E-state index contributed by atoms with van der Waals surface area (Å²) >= 11 is 0. The molecule has 0 spiro atoms. The van der Waals surface area contributed by atoms with Crippen LogP contribution in [0, 0.1) is 0 Å². The number of allylic oxidation sites excluding steroid dienone is 6. The van der Waals surface area contributed by atoms with E-state index in [9.17, 15) is 4.79 Å². The molecule has 0 aromatic carbocycles. The van der Waals surface area contributed by atoms with Crippen LogP contribution in [0.2, 0.25) is 0 Å². The van der Waals surface area contributed by atoms with Crippen LogP contribution in [0.3, 0.4) is 0 Å². The van der Waals surface area contributed by atoms with Crippen LogP contribution in [-0.2, 0) is 20.9 Å². The molecule has 4 nitrogen and oxygen atoms in total. The van der Waals surface area contributed by atoms with Crippen molar-refractivity contribution in [3.63, 3.8) is 0 Å². The SMILES string of the molecule is CCCCCC=CCC=CCC=CCCCCC(=O)OCC(C)OCc1cccnc1. The molecule has 31 heavy (non-hydrogen) atoms. The van der Waals surface area contributed by atoms with Gasteiger partial charge in [-0.3, -0.25) is 9.78 Å². The summed E-state index contributed by atoms with van der Waals surface area (Å²) in [6, 6.07) is 3.84. The van der Waals surface area contributed by atoms with Gasteiger partial charge in [0.1, 0.15) is 6.61 Å². The van der Waals surface area contributed by atoms with Gasteiger partial charge in [0.2, 0.25) is 0 Å². The number of nitrogens with zero attached hydrogens (tertiary/aromatic N) is 1. The van der Waals surface area contributed by atoms with Crippen LogP contribution in [0.1, 0.15) is 83.6 Å². The van der Waals surface area contributed by atoms with Gasteiger partial charge in [-0.1, -0.05) is 62.3 Å². The third-order valence-corrected chi connectivity index (χ3v) is 4.76. The predicted molar refractivity (Wildman–Crippen MR) is 129 cm³/mol. The first kappa shape index (κ1) is 26.8. The van der Waals surface area contributed by atoms with E-state index in [1.807, 2.05) is 19.1 Å². The Labute approximate surface area is 189 Å². The van der Waals surface area contributed by atoms with E-state index in [0.29, 0.717) is 19.6 Å². The van der Waals surface area contributed by atoms with Gasteiger partial charge < -0.3 is 9.47 Å². The number of rotatable bonds is 18. The fourth-order valence-corrected chi connectivity index (χ4v) is 2.87. The molecule has 0 N–H and O–H groups in total. The van der Waals surface area contributed by atoms with Crippen LogP contribution < -0.4 is 0 Å². The zero-order chi connectivity index (χ0) is 22.4. The van der Waals surface area contributed by atoms with Gasteiger partial charge in [-0.2, -0.15) is 0 Å². The highest BCUT2D eigenvalue weighted by molar-refractivity contribution is 5.69. The summed E-state index contributed by atoms with van der Waals surface area (Å²) in [5, 5.41) is 0. The van der Waals surface area contributed by atoms with Crippen LogP contribution in [-0.4, -0.2) is 23.7 Å². The second kappa shape index (κ2) is 19.7. The highest BCUT2D eigenvalue weighted by Gasteiger charge is 2.08. The Morgan fingerprint density at radius 3 is 2.32 bits per heavy atom. The molecule has 0 aliphatic heterocycles. The molecular formula is C27H41NO3. The van der Waals surface area contributed by atoms with Gasteiger partial charge in [0.15, 0.2) is 0 Å². The van der Waals surface area contributed by atoms with E-state index < -0.39 is 0 Å². The van der Waals surface area contributed by atoms with E-state index in [0.717, 1.165) is 37.7 Å². The van der Waals surface area contributed by atoms with E-state index in [4.69, 9.17) is 9.47 Å². The minimum absolute atomic E-state index is 0.128. The largest absolute Gasteiger partial charge is 0.463 e. The van der Waals surface area contributed by atoms with Crippen molar-refractivity contribution in [3.8, 4) is 0 Å². The van der Waals surface area contributed by atoms with Gasteiger partial charge in [0, 0.05) is 18.8 Å². The Hall–Kier alpha value is -2.20. The normalized spacial score (nSPS) is 12.8. The number of esters is 1. The fraction of sp³-hybridized carbons (Fsp3) is 0.556. The average Bonchev–Trinajstić information content (AvgIpc) is 2.79. The third kappa shape index (κ3) is 17.2. The van der Waals surface area contributed by atoms with Gasteiger partial charge in [-0.05, 0) is 63.5 Å². The molecule has 0 fully saturated rings. The summed E-state index contributed by atoms with van der Waals surface area (Å²) in [5.41, 5.74) is 1.01. The lowest BCUT2D eigenvalue weighted by Gasteiger charge is -2.13.